The highest BCUT2D eigenvalue weighted by Crippen LogP contribution is 2.25. The van der Waals surface area contributed by atoms with E-state index in [1.165, 1.54) is 7.11 Å². The molecule has 1 fully saturated rings. The molecule has 1 saturated heterocycles. The topological polar surface area (TPSA) is 77.7 Å². The fourth-order valence-electron chi connectivity index (χ4n) is 2.53. The normalized spacial score (nSPS) is 14.6. The molecule has 0 aliphatic carbocycles. The highest BCUT2D eigenvalue weighted by atomic mass is 16.5. The first kappa shape index (κ1) is 15.3. The van der Waals surface area contributed by atoms with Gasteiger partial charge < -0.3 is 20.1 Å². The van der Waals surface area contributed by atoms with E-state index in [0.29, 0.717) is 24.5 Å². The molecule has 1 aromatic carbocycles. The van der Waals surface area contributed by atoms with Gasteiger partial charge in [-0.1, -0.05) is 12.1 Å². The number of ether oxygens (including phenoxy) is 2. The Hall–Kier alpha value is -2.60. The van der Waals surface area contributed by atoms with Gasteiger partial charge in [-0.05, 0) is 18.2 Å². The Balaban J connectivity index is 1.90. The number of nitrogen functional groups attached to an aromatic ring is 1. The molecule has 6 heteroatoms. The summed E-state index contributed by atoms with van der Waals surface area (Å²) >= 11 is 0. The van der Waals surface area contributed by atoms with E-state index in [1.807, 2.05) is 24.3 Å². The quantitative estimate of drug-likeness (QED) is 0.873. The number of rotatable bonds is 3. The second-order valence-corrected chi connectivity index (χ2v) is 5.31. The molecule has 0 unspecified atom stereocenters. The molecule has 2 aromatic rings. The molecule has 0 bridgehead atoms. The summed E-state index contributed by atoms with van der Waals surface area (Å²) in [6.45, 7) is 2.99. The Morgan fingerprint density at radius 1 is 1.22 bits per heavy atom. The molecule has 6 nitrogen and oxygen atoms in total. The number of hydrogen-bond donors (Lipinski definition) is 1. The van der Waals surface area contributed by atoms with E-state index >= 15 is 0 Å². The van der Waals surface area contributed by atoms with Gasteiger partial charge in [0.2, 0.25) is 0 Å². The van der Waals surface area contributed by atoms with Gasteiger partial charge in [0.15, 0.2) is 0 Å². The number of hydrogen-bond acceptors (Lipinski definition) is 6. The second-order valence-electron chi connectivity index (χ2n) is 5.31. The SMILES string of the molecule is COC(=O)c1ccc(-c2cc(N)cc(N3CCOCC3)n2)cc1. The average Bonchev–Trinajstić information content (AvgIpc) is 2.61. The number of pyridine rings is 1. The highest BCUT2D eigenvalue weighted by molar-refractivity contribution is 5.89. The van der Waals surface area contributed by atoms with Crippen molar-refractivity contribution < 1.29 is 14.3 Å². The minimum absolute atomic E-state index is 0.355. The first-order chi connectivity index (χ1) is 11.2. The zero-order chi connectivity index (χ0) is 16.2. The zero-order valence-corrected chi connectivity index (χ0v) is 13.0. The van der Waals surface area contributed by atoms with Crippen molar-refractivity contribution in [3.63, 3.8) is 0 Å². The van der Waals surface area contributed by atoms with Crippen molar-refractivity contribution in [3.8, 4) is 11.3 Å². The summed E-state index contributed by atoms with van der Waals surface area (Å²) in [5, 5.41) is 0. The fraction of sp³-hybridized carbons (Fsp3) is 0.294. The van der Waals surface area contributed by atoms with Gasteiger partial charge in [0.05, 0.1) is 31.6 Å². The highest BCUT2D eigenvalue weighted by Gasteiger charge is 2.14. The van der Waals surface area contributed by atoms with Crippen molar-refractivity contribution in [1.29, 1.82) is 0 Å². The minimum atomic E-state index is -0.355. The predicted molar refractivity (Wildman–Crippen MR) is 88.5 cm³/mol. The average molecular weight is 313 g/mol. The van der Waals surface area contributed by atoms with Gasteiger partial charge in [0.25, 0.3) is 0 Å². The molecule has 0 spiro atoms. The molecule has 23 heavy (non-hydrogen) atoms. The van der Waals surface area contributed by atoms with Crippen molar-refractivity contribution in [2.45, 2.75) is 0 Å². The van der Waals surface area contributed by atoms with Gasteiger partial charge in [-0.2, -0.15) is 0 Å². The minimum Gasteiger partial charge on any atom is -0.465 e. The third-order valence-electron chi connectivity index (χ3n) is 3.77. The van der Waals surface area contributed by atoms with Crippen LogP contribution in [0.2, 0.25) is 0 Å². The Morgan fingerprint density at radius 2 is 1.91 bits per heavy atom. The van der Waals surface area contributed by atoms with Gasteiger partial charge in [-0.25, -0.2) is 9.78 Å². The van der Waals surface area contributed by atoms with Crippen molar-refractivity contribution >= 4 is 17.5 Å². The molecule has 1 aliphatic rings. The smallest absolute Gasteiger partial charge is 0.337 e. The van der Waals surface area contributed by atoms with Crippen LogP contribution < -0.4 is 10.6 Å². The summed E-state index contributed by atoms with van der Waals surface area (Å²) in [4.78, 5) is 18.4. The Morgan fingerprint density at radius 3 is 2.57 bits per heavy atom. The maximum Gasteiger partial charge on any atom is 0.337 e. The summed E-state index contributed by atoms with van der Waals surface area (Å²) in [7, 11) is 1.37. The first-order valence-corrected chi connectivity index (χ1v) is 7.46. The lowest BCUT2D eigenvalue weighted by atomic mass is 10.1. The molecule has 1 aromatic heterocycles. The Labute approximate surface area is 134 Å². The summed E-state index contributed by atoms with van der Waals surface area (Å²) in [6, 6.07) is 10.8. The van der Waals surface area contributed by atoms with Crippen LogP contribution in [0.5, 0.6) is 0 Å². The van der Waals surface area contributed by atoms with Gasteiger partial charge in [-0.3, -0.25) is 0 Å². The third kappa shape index (κ3) is 3.43. The lowest BCUT2D eigenvalue weighted by Gasteiger charge is -2.28. The van der Waals surface area contributed by atoms with Crippen LogP contribution in [0.1, 0.15) is 10.4 Å². The molecule has 2 heterocycles. The number of esters is 1. The van der Waals surface area contributed by atoms with Crippen LogP contribution in [0.4, 0.5) is 11.5 Å². The molecular weight excluding hydrogens is 294 g/mol. The van der Waals surface area contributed by atoms with Gasteiger partial charge >= 0.3 is 5.97 Å². The Bertz CT molecular complexity index is 695. The molecule has 0 radical (unpaired) electrons. The van der Waals surface area contributed by atoms with Crippen LogP contribution in [0.3, 0.4) is 0 Å². The zero-order valence-electron chi connectivity index (χ0n) is 13.0. The van der Waals surface area contributed by atoms with E-state index in [0.717, 1.165) is 30.2 Å². The number of morpholine rings is 1. The number of nitrogens with two attached hydrogens (primary N) is 1. The number of aromatic nitrogens is 1. The van der Waals surface area contributed by atoms with E-state index in [1.54, 1.807) is 12.1 Å². The Kier molecular flexibility index (Phi) is 4.43. The molecule has 1 aliphatic heterocycles. The summed E-state index contributed by atoms with van der Waals surface area (Å²) in [6.07, 6.45) is 0. The van der Waals surface area contributed by atoms with Crippen molar-refractivity contribution in [1.82, 2.24) is 4.98 Å². The van der Waals surface area contributed by atoms with E-state index in [2.05, 4.69) is 4.90 Å². The van der Waals surface area contributed by atoms with Crippen molar-refractivity contribution in [3.05, 3.63) is 42.0 Å². The number of carbonyl (C=O) groups is 1. The van der Waals surface area contributed by atoms with E-state index in [9.17, 15) is 4.79 Å². The van der Waals surface area contributed by atoms with Crippen LogP contribution in [0.15, 0.2) is 36.4 Å². The molecule has 0 saturated carbocycles. The summed E-state index contributed by atoms with van der Waals surface area (Å²) < 4.78 is 10.1. The number of carbonyl (C=O) groups excluding carboxylic acids is 1. The number of methoxy groups -OCH3 is 1. The number of nitrogens with zero attached hydrogens (tertiary/aromatic N) is 2. The van der Waals surface area contributed by atoms with Crippen LogP contribution in [-0.2, 0) is 9.47 Å². The first-order valence-electron chi connectivity index (χ1n) is 7.46. The molecular formula is C17H19N3O3. The molecule has 0 amide bonds. The number of benzene rings is 1. The monoisotopic (exact) mass is 313 g/mol. The van der Waals surface area contributed by atoms with E-state index in [-0.39, 0.29) is 5.97 Å². The maximum atomic E-state index is 11.5. The predicted octanol–water partition coefficient (Wildman–Crippen LogP) is 1.95. The largest absolute Gasteiger partial charge is 0.465 e. The summed E-state index contributed by atoms with van der Waals surface area (Å²) in [5.41, 5.74) is 8.88. The van der Waals surface area contributed by atoms with Crippen LogP contribution in [0, 0.1) is 0 Å². The summed E-state index contributed by atoms with van der Waals surface area (Å²) in [5.74, 6) is 0.492. The van der Waals surface area contributed by atoms with Gasteiger partial charge in [-0.15, -0.1) is 0 Å². The van der Waals surface area contributed by atoms with E-state index < -0.39 is 0 Å². The van der Waals surface area contributed by atoms with Gasteiger partial charge in [0.1, 0.15) is 5.82 Å². The molecule has 120 valence electrons. The molecule has 3 rings (SSSR count). The second kappa shape index (κ2) is 6.66. The maximum absolute atomic E-state index is 11.5. The fourth-order valence-corrected chi connectivity index (χ4v) is 2.53. The van der Waals surface area contributed by atoms with E-state index in [4.69, 9.17) is 20.2 Å². The standard InChI is InChI=1S/C17H19N3O3/c1-22-17(21)13-4-2-12(3-5-13)15-10-14(18)11-16(19-15)20-6-8-23-9-7-20/h2-5,10-11H,6-9H2,1H3,(H2,18,19). The molecule has 0 atom stereocenters. The number of anilines is 2. The van der Waals surface area contributed by atoms with Crippen LogP contribution in [-0.4, -0.2) is 44.4 Å². The third-order valence-corrected chi connectivity index (χ3v) is 3.77. The lowest BCUT2D eigenvalue weighted by Crippen LogP contribution is -2.36. The van der Waals surface area contributed by atoms with Crippen molar-refractivity contribution in [2.75, 3.05) is 44.0 Å². The van der Waals surface area contributed by atoms with Crippen LogP contribution in [0.25, 0.3) is 11.3 Å². The van der Waals surface area contributed by atoms with Crippen LogP contribution >= 0.6 is 0 Å². The van der Waals surface area contributed by atoms with Gasteiger partial charge in [0, 0.05) is 30.4 Å². The molecule has 2 N–H and O–H groups in total. The lowest BCUT2D eigenvalue weighted by molar-refractivity contribution is 0.0601. The van der Waals surface area contributed by atoms with Crippen molar-refractivity contribution in [2.24, 2.45) is 0 Å².